The Kier molecular flexibility index (Phi) is 6.36. The zero-order valence-corrected chi connectivity index (χ0v) is 17.1. The quantitative estimate of drug-likeness (QED) is 0.713. The summed E-state index contributed by atoms with van der Waals surface area (Å²) < 4.78 is 34.7. The number of carbonyl (C=O) groups excluding carboxylic acids is 1. The maximum atomic E-state index is 12.2. The van der Waals surface area contributed by atoms with Crippen molar-refractivity contribution in [2.24, 2.45) is 0 Å². The van der Waals surface area contributed by atoms with E-state index in [1.54, 1.807) is 39.0 Å². The largest absolute Gasteiger partial charge is 0.444 e. The summed E-state index contributed by atoms with van der Waals surface area (Å²) in [6, 6.07) is 13.8. The molecule has 0 spiro atoms. The van der Waals surface area contributed by atoms with E-state index in [1.807, 2.05) is 0 Å². The van der Waals surface area contributed by atoms with Crippen LogP contribution in [-0.4, -0.2) is 31.8 Å². The highest BCUT2D eigenvalue weighted by molar-refractivity contribution is 7.87. The first kappa shape index (κ1) is 21.7. The predicted octanol–water partition coefficient (Wildman–Crippen LogP) is 3.19. The lowest BCUT2D eigenvalue weighted by Gasteiger charge is -2.26. The van der Waals surface area contributed by atoms with Crippen LogP contribution in [0.15, 0.2) is 59.5 Å². The van der Waals surface area contributed by atoms with Gasteiger partial charge in [-0.05, 0) is 57.5 Å². The van der Waals surface area contributed by atoms with E-state index < -0.39 is 27.4 Å². The molecule has 2 aromatic carbocycles. The summed E-state index contributed by atoms with van der Waals surface area (Å²) >= 11 is 0. The van der Waals surface area contributed by atoms with Gasteiger partial charge >= 0.3 is 16.2 Å². The summed E-state index contributed by atoms with van der Waals surface area (Å²) in [5.41, 5.74) is -1.54. The maximum absolute atomic E-state index is 12.2. The average Bonchev–Trinajstić information content (AvgIpc) is 2.60. The van der Waals surface area contributed by atoms with E-state index in [-0.39, 0.29) is 17.2 Å². The minimum atomic E-state index is -3.94. The smallest absolute Gasteiger partial charge is 0.407 e. The molecule has 0 aliphatic heterocycles. The first-order valence-electron chi connectivity index (χ1n) is 8.68. The first-order chi connectivity index (χ1) is 12.9. The van der Waals surface area contributed by atoms with Crippen LogP contribution in [0.2, 0.25) is 0 Å². The van der Waals surface area contributed by atoms with Gasteiger partial charge in [-0.3, -0.25) is 0 Å². The van der Waals surface area contributed by atoms with E-state index in [9.17, 15) is 18.3 Å². The Morgan fingerprint density at radius 2 is 1.57 bits per heavy atom. The molecule has 2 aromatic rings. The third-order valence-corrected chi connectivity index (χ3v) is 4.95. The van der Waals surface area contributed by atoms with Crippen molar-refractivity contribution in [3.63, 3.8) is 0 Å². The SMILES string of the molecule is CC(C)(C)OC(=O)NCC(C)(O)c1ccc(OS(=O)(=O)c2ccccc2)cc1. The Morgan fingerprint density at radius 1 is 1.00 bits per heavy atom. The predicted molar refractivity (Wildman–Crippen MR) is 105 cm³/mol. The molecule has 0 fully saturated rings. The number of hydrogen-bond donors (Lipinski definition) is 2. The Balaban J connectivity index is 2.04. The second-order valence-corrected chi connectivity index (χ2v) is 9.05. The van der Waals surface area contributed by atoms with E-state index in [2.05, 4.69) is 5.32 Å². The lowest BCUT2D eigenvalue weighted by molar-refractivity contribution is 0.0316. The lowest BCUT2D eigenvalue weighted by atomic mass is 9.96. The van der Waals surface area contributed by atoms with Crippen molar-refractivity contribution in [2.45, 2.75) is 43.8 Å². The fraction of sp³-hybridized carbons (Fsp3) is 0.350. The number of aliphatic hydroxyl groups is 1. The van der Waals surface area contributed by atoms with Crippen LogP contribution in [0.3, 0.4) is 0 Å². The zero-order valence-electron chi connectivity index (χ0n) is 16.3. The van der Waals surface area contributed by atoms with Gasteiger partial charge in [-0.2, -0.15) is 8.42 Å². The fourth-order valence-corrected chi connectivity index (χ4v) is 3.24. The van der Waals surface area contributed by atoms with Gasteiger partial charge in [-0.25, -0.2) is 4.79 Å². The molecule has 8 heteroatoms. The average molecular weight is 407 g/mol. The van der Waals surface area contributed by atoms with Crippen LogP contribution in [0, 0.1) is 0 Å². The van der Waals surface area contributed by atoms with Crippen LogP contribution in [0.1, 0.15) is 33.3 Å². The van der Waals surface area contributed by atoms with Crippen molar-refractivity contribution in [3.05, 3.63) is 60.2 Å². The molecule has 0 aliphatic carbocycles. The van der Waals surface area contributed by atoms with Gasteiger partial charge in [0.2, 0.25) is 0 Å². The summed E-state index contributed by atoms with van der Waals surface area (Å²) in [4.78, 5) is 11.8. The number of amides is 1. The number of benzene rings is 2. The van der Waals surface area contributed by atoms with Crippen LogP contribution in [0.4, 0.5) is 4.79 Å². The molecule has 0 aliphatic rings. The molecule has 2 N–H and O–H groups in total. The zero-order chi connectivity index (χ0) is 21.0. The summed E-state index contributed by atoms with van der Waals surface area (Å²) in [5, 5.41) is 13.1. The van der Waals surface area contributed by atoms with Crippen LogP contribution in [-0.2, 0) is 20.5 Å². The Bertz CT molecular complexity index is 900. The van der Waals surface area contributed by atoms with Gasteiger partial charge < -0.3 is 19.3 Å². The van der Waals surface area contributed by atoms with E-state index >= 15 is 0 Å². The summed E-state index contributed by atoms with van der Waals surface area (Å²) in [7, 11) is -3.94. The number of rotatable bonds is 6. The number of alkyl carbamates (subject to hydrolysis) is 1. The molecule has 0 saturated carbocycles. The lowest BCUT2D eigenvalue weighted by Crippen LogP contribution is -2.41. The number of nitrogens with one attached hydrogen (secondary N) is 1. The van der Waals surface area contributed by atoms with Crippen molar-refractivity contribution >= 4 is 16.2 Å². The normalized spacial score (nSPS) is 14.0. The van der Waals surface area contributed by atoms with E-state index in [0.717, 1.165) is 0 Å². The summed E-state index contributed by atoms with van der Waals surface area (Å²) in [5.74, 6) is 0.114. The van der Waals surface area contributed by atoms with Crippen LogP contribution >= 0.6 is 0 Å². The second-order valence-electron chi connectivity index (χ2n) is 7.50. The molecule has 0 aromatic heterocycles. The van der Waals surface area contributed by atoms with E-state index in [1.165, 1.54) is 43.3 Å². The molecule has 1 amide bonds. The highest BCUT2D eigenvalue weighted by atomic mass is 32.2. The number of hydrogen-bond acceptors (Lipinski definition) is 6. The van der Waals surface area contributed by atoms with Gasteiger partial charge in [0, 0.05) is 0 Å². The number of carbonyl (C=O) groups is 1. The van der Waals surface area contributed by atoms with Gasteiger partial charge in [-0.15, -0.1) is 0 Å². The molecule has 0 heterocycles. The Hall–Kier alpha value is -2.58. The van der Waals surface area contributed by atoms with Crippen molar-refractivity contribution < 1.29 is 27.2 Å². The molecule has 7 nitrogen and oxygen atoms in total. The standard InChI is InChI=1S/C20H25NO6S/c1-19(2,3)26-18(22)21-14-20(4,23)15-10-12-16(13-11-15)27-28(24,25)17-8-6-5-7-9-17/h5-13,23H,14H2,1-4H3,(H,21,22). The third-order valence-electron chi connectivity index (χ3n) is 3.69. The molecule has 1 unspecified atom stereocenters. The fourth-order valence-electron chi connectivity index (χ4n) is 2.29. The molecule has 1 atom stereocenters. The third kappa shape index (κ3) is 6.24. The Labute approximate surface area is 165 Å². The summed E-state index contributed by atoms with van der Waals surface area (Å²) in [6.45, 7) is 6.68. The van der Waals surface area contributed by atoms with Crippen LogP contribution in [0.25, 0.3) is 0 Å². The van der Waals surface area contributed by atoms with Gasteiger partial charge in [0.05, 0.1) is 6.54 Å². The topological polar surface area (TPSA) is 102 Å². The molecule has 0 radical (unpaired) electrons. The van der Waals surface area contributed by atoms with Crippen LogP contribution < -0.4 is 9.50 Å². The second kappa shape index (κ2) is 8.20. The minimum Gasteiger partial charge on any atom is -0.444 e. The van der Waals surface area contributed by atoms with Gasteiger partial charge in [0.25, 0.3) is 0 Å². The molecule has 0 saturated heterocycles. The van der Waals surface area contributed by atoms with Gasteiger partial charge in [0.15, 0.2) is 0 Å². The maximum Gasteiger partial charge on any atom is 0.407 e. The number of ether oxygens (including phenoxy) is 1. The highest BCUT2D eigenvalue weighted by Gasteiger charge is 2.26. The van der Waals surface area contributed by atoms with Crippen molar-refractivity contribution in [3.8, 4) is 5.75 Å². The van der Waals surface area contributed by atoms with Crippen molar-refractivity contribution in [2.75, 3.05) is 6.54 Å². The molecule has 152 valence electrons. The molecule has 2 rings (SSSR count). The van der Waals surface area contributed by atoms with E-state index in [0.29, 0.717) is 5.56 Å². The highest BCUT2D eigenvalue weighted by Crippen LogP contribution is 2.24. The summed E-state index contributed by atoms with van der Waals surface area (Å²) in [6.07, 6.45) is -0.637. The molecule has 0 bridgehead atoms. The molecule has 28 heavy (non-hydrogen) atoms. The van der Waals surface area contributed by atoms with E-state index in [4.69, 9.17) is 8.92 Å². The first-order valence-corrected chi connectivity index (χ1v) is 10.1. The molecular weight excluding hydrogens is 382 g/mol. The van der Waals surface area contributed by atoms with Gasteiger partial charge in [0.1, 0.15) is 21.8 Å². The monoisotopic (exact) mass is 407 g/mol. The minimum absolute atomic E-state index is 0.0487. The Morgan fingerprint density at radius 3 is 2.11 bits per heavy atom. The van der Waals surface area contributed by atoms with Crippen molar-refractivity contribution in [1.29, 1.82) is 0 Å². The van der Waals surface area contributed by atoms with Crippen molar-refractivity contribution in [1.82, 2.24) is 5.32 Å². The van der Waals surface area contributed by atoms with Gasteiger partial charge in [-0.1, -0.05) is 30.3 Å². The molecular formula is C20H25NO6S. The van der Waals surface area contributed by atoms with Crippen LogP contribution in [0.5, 0.6) is 5.75 Å².